The van der Waals surface area contributed by atoms with Gasteiger partial charge in [-0.1, -0.05) is 19.0 Å². The van der Waals surface area contributed by atoms with Gasteiger partial charge in [-0.2, -0.15) is 0 Å². The predicted molar refractivity (Wildman–Crippen MR) is 76.6 cm³/mol. The number of hydrogen-bond acceptors (Lipinski definition) is 0. The minimum Gasteiger partial charge on any atom is -0.201 e. The number of nitrogens with zero attached hydrogens (tertiary/aromatic N) is 1. The number of aromatic nitrogens is 1. The lowest BCUT2D eigenvalue weighted by Gasteiger charge is -2.08. The van der Waals surface area contributed by atoms with E-state index < -0.39 is 20.1 Å². The van der Waals surface area contributed by atoms with E-state index in [4.69, 9.17) is 11.0 Å². The Morgan fingerprint density at radius 3 is 2.67 bits per heavy atom. The van der Waals surface area contributed by atoms with Crippen molar-refractivity contribution in [1.29, 1.82) is 0 Å². The van der Waals surface area contributed by atoms with Crippen molar-refractivity contribution >= 4 is 0 Å². The monoisotopic (exact) mass is 248 g/mol. The molecular formula is C17H22N+. The molecule has 0 spiro atoms. The van der Waals surface area contributed by atoms with Crippen molar-refractivity contribution in [3.05, 3.63) is 52.7 Å². The van der Waals surface area contributed by atoms with Crippen molar-refractivity contribution in [1.82, 2.24) is 0 Å². The zero-order valence-electron chi connectivity index (χ0n) is 18.8. The first-order chi connectivity index (χ1) is 11.7. The van der Waals surface area contributed by atoms with E-state index >= 15 is 0 Å². The minimum absolute atomic E-state index is 0.0947. The van der Waals surface area contributed by atoms with Gasteiger partial charge in [0.25, 0.3) is 0 Å². The standard InChI is InChI=1S/C17H22N/c1-6-15-7-8-16(13(3)9-15)17-10-12(2)14(4)11-18(17)5/h7-11H,6H2,1-5H3/q+1/i1D3,4D3,6D2. The van der Waals surface area contributed by atoms with Crippen LogP contribution in [0.4, 0.5) is 0 Å². The maximum atomic E-state index is 7.90. The maximum absolute atomic E-state index is 7.90. The van der Waals surface area contributed by atoms with Gasteiger partial charge in [0, 0.05) is 28.2 Å². The van der Waals surface area contributed by atoms with Crippen LogP contribution in [0, 0.1) is 20.7 Å². The Kier molecular flexibility index (Phi) is 1.65. The van der Waals surface area contributed by atoms with Crippen molar-refractivity contribution in [2.75, 3.05) is 0 Å². The molecule has 1 heteroatoms. The molecule has 0 fully saturated rings. The molecular weight excluding hydrogens is 218 g/mol. The molecule has 18 heavy (non-hydrogen) atoms. The molecule has 0 bridgehead atoms. The van der Waals surface area contributed by atoms with Crippen molar-refractivity contribution < 1.29 is 15.5 Å². The molecule has 0 aliphatic rings. The maximum Gasteiger partial charge on any atom is 0.212 e. The fraction of sp³-hybridized carbons (Fsp3) is 0.353. The molecule has 1 heterocycles. The number of aryl methyl sites for hydroxylation is 5. The fourth-order valence-electron chi connectivity index (χ4n) is 2.05. The lowest BCUT2D eigenvalue weighted by Crippen LogP contribution is -2.31. The number of hydrogen-bond donors (Lipinski definition) is 0. The first-order valence-electron chi connectivity index (χ1n) is 9.78. The van der Waals surface area contributed by atoms with Crippen LogP contribution in [0.2, 0.25) is 0 Å². The lowest BCUT2D eigenvalue weighted by atomic mass is 9.99. The molecule has 94 valence electrons. The Balaban J connectivity index is 2.57. The van der Waals surface area contributed by atoms with E-state index in [1.54, 1.807) is 43.8 Å². The van der Waals surface area contributed by atoms with Gasteiger partial charge in [-0.3, -0.25) is 0 Å². The zero-order chi connectivity index (χ0) is 20.1. The third kappa shape index (κ3) is 2.31. The number of pyridine rings is 1. The van der Waals surface area contributed by atoms with Crippen LogP contribution in [0.5, 0.6) is 0 Å². The van der Waals surface area contributed by atoms with Crippen molar-refractivity contribution in [2.45, 2.75) is 33.9 Å². The molecule has 1 aromatic heterocycles. The third-order valence-electron chi connectivity index (χ3n) is 3.13. The average molecular weight is 248 g/mol. The summed E-state index contributed by atoms with van der Waals surface area (Å²) in [5, 5.41) is 0. The predicted octanol–water partition coefficient (Wildman–Crippen LogP) is 3.67. The number of benzene rings is 1. The van der Waals surface area contributed by atoms with Crippen molar-refractivity contribution in [3.8, 4) is 11.3 Å². The second kappa shape index (κ2) is 4.93. The Bertz CT molecular complexity index is 834. The third-order valence-corrected chi connectivity index (χ3v) is 3.13. The first kappa shape index (κ1) is 6.01. The molecule has 0 radical (unpaired) electrons. The van der Waals surface area contributed by atoms with E-state index in [0.717, 1.165) is 11.3 Å². The summed E-state index contributed by atoms with van der Waals surface area (Å²) < 4.78 is 62.6. The molecule has 0 aliphatic heterocycles. The van der Waals surface area contributed by atoms with Crippen LogP contribution in [0.1, 0.15) is 40.1 Å². The largest absolute Gasteiger partial charge is 0.212 e. The van der Waals surface area contributed by atoms with Crippen LogP contribution in [-0.4, -0.2) is 0 Å². The normalized spacial score (nSPS) is 19.5. The Morgan fingerprint density at radius 1 is 1.17 bits per heavy atom. The van der Waals surface area contributed by atoms with E-state index in [1.165, 1.54) is 12.1 Å². The van der Waals surface area contributed by atoms with Crippen molar-refractivity contribution in [2.24, 2.45) is 7.05 Å². The molecule has 0 saturated heterocycles. The summed E-state index contributed by atoms with van der Waals surface area (Å²) in [4.78, 5) is 0. The summed E-state index contributed by atoms with van der Waals surface area (Å²) in [5.41, 5.74) is 3.28. The molecule has 0 unspecified atom stereocenters. The highest BCUT2D eigenvalue weighted by Gasteiger charge is 2.14. The highest BCUT2D eigenvalue weighted by Crippen LogP contribution is 2.23. The summed E-state index contributed by atoms with van der Waals surface area (Å²) in [6.45, 7) is -1.44. The summed E-state index contributed by atoms with van der Waals surface area (Å²) >= 11 is 0. The van der Waals surface area contributed by atoms with Gasteiger partial charge < -0.3 is 0 Å². The van der Waals surface area contributed by atoms with Crippen LogP contribution in [0.25, 0.3) is 11.3 Å². The van der Waals surface area contributed by atoms with Crippen LogP contribution < -0.4 is 4.57 Å². The van der Waals surface area contributed by atoms with Gasteiger partial charge in [0.05, 0.1) is 0 Å². The molecule has 0 aliphatic carbocycles. The first-order valence-corrected chi connectivity index (χ1v) is 5.78. The van der Waals surface area contributed by atoms with Gasteiger partial charge in [0.1, 0.15) is 7.05 Å². The van der Waals surface area contributed by atoms with Gasteiger partial charge in [-0.15, -0.1) is 0 Å². The highest BCUT2D eigenvalue weighted by molar-refractivity contribution is 5.62. The molecule has 0 saturated carbocycles. The molecule has 0 N–H and O–H groups in total. The summed E-state index contributed by atoms with van der Waals surface area (Å²) in [5.74, 6) is 0. The molecule has 2 aromatic rings. The SMILES string of the molecule is [2H]C([2H])([2H])c1c[n+](C)c(-c2ccc(C([2H])([2H])C([2H])([2H])[2H])cc2C)cc1C. The van der Waals surface area contributed by atoms with Gasteiger partial charge in [-0.05, 0) is 49.8 Å². The summed E-state index contributed by atoms with van der Waals surface area (Å²) in [6, 6.07) is 6.47. The Morgan fingerprint density at radius 2 is 2.00 bits per heavy atom. The van der Waals surface area contributed by atoms with E-state index in [1.807, 2.05) is 0 Å². The average Bonchev–Trinajstić information content (AvgIpc) is 2.47. The van der Waals surface area contributed by atoms with Gasteiger partial charge >= 0.3 is 0 Å². The molecule has 1 aromatic carbocycles. The highest BCUT2D eigenvalue weighted by atomic mass is 14.9. The second-order valence-corrected chi connectivity index (χ2v) is 4.52. The molecule has 2 rings (SSSR count). The zero-order valence-corrected chi connectivity index (χ0v) is 10.8. The lowest BCUT2D eigenvalue weighted by molar-refractivity contribution is -0.660. The topological polar surface area (TPSA) is 3.88 Å². The van der Waals surface area contributed by atoms with Crippen LogP contribution in [-0.2, 0) is 13.4 Å². The number of rotatable bonds is 2. The fourth-order valence-corrected chi connectivity index (χ4v) is 2.05. The Hall–Kier alpha value is -1.63. The van der Waals surface area contributed by atoms with Gasteiger partial charge in [-0.25, -0.2) is 4.57 Å². The van der Waals surface area contributed by atoms with Crippen molar-refractivity contribution in [3.63, 3.8) is 0 Å². The summed E-state index contributed by atoms with van der Waals surface area (Å²) in [7, 11) is 1.75. The van der Waals surface area contributed by atoms with E-state index in [-0.39, 0.29) is 11.1 Å². The quantitative estimate of drug-likeness (QED) is 0.714. The smallest absolute Gasteiger partial charge is 0.201 e. The molecule has 1 nitrogen and oxygen atoms in total. The van der Waals surface area contributed by atoms with Crippen LogP contribution >= 0.6 is 0 Å². The second-order valence-electron chi connectivity index (χ2n) is 4.52. The van der Waals surface area contributed by atoms with E-state index in [0.29, 0.717) is 11.1 Å². The molecule has 0 atom stereocenters. The minimum atomic E-state index is -2.76. The van der Waals surface area contributed by atoms with E-state index in [2.05, 4.69) is 0 Å². The van der Waals surface area contributed by atoms with Crippen LogP contribution in [0.3, 0.4) is 0 Å². The van der Waals surface area contributed by atoms with Gasteiger partial charge in [0.2, 0.25) is 5.69 Å². The molecule has 0 amide bonds. The van der Waals surface area contributed by atoms with E-state index in [9.17, 15) is 0 Å². The van der Waals surface area contributed by atoms with Crippen LogP contribution in [0.15, 0.2) is 30.5 Å². The van der Waals surface area contributed by atoms with Gasteiger partial charge in [0.15, 0.2) is 6.20 Å². The summed E-state index contributed by atoms with van der Waals surface area (Å²) in [6.07, 6.45) is -0.869. The Labute approximate surface area is 121 Å².